The highest BCUT2D eigenvalue weighted by molar-refractivity contribution is 6.07. The van der Waals surface area contributed by atoms with E-state index in [1.54, 1.807) is 13.8 Å². The van der Waals surface area contributed by atoms with Gasteiger partial charge < -0.3 is 14.4 Å². The Kier molecular flexibility index (Phi) is 8.35. The topological polar surface area (TPSA) is 83.6 Å². The third-order valence-electron chi connectivity index (χ3n) is 9.17. The number of carbonyl (C=O) groups excluding carboxylic acids is 1. The Hall–Kier alpha value is -4.66. The molecule has 6 rings (SSSR count). The van der Waals surface area contributed by atoms with Crippen LogP contribution in [0.5, 0.6) is 0 Å². The van der Waals surface area contributed by atoms with Crippen LogP contribution in [0.2, 0.25) is 0 Å². The summed E-state index contributed by atoms with van der Waals surface area (Å²) in [6.07, 6.45) is 5.33. The van der Waals surface area contributed by atoms with Crippen molar-refractivity contribution >= 4 is 28.4 Å². The number of nitrogens with zero attached hydrogens (tertiary/aromatic N) is 2. The number of hydrogen-bond donors (Lipinski definition) is 1. The molecule has 1 unspecified atom stereocenters. The monoisotopic (exact) mass is 628 g/mol. The van der Waals surface area contributed by atoms with Crippen molar-refractivity contribution in [1.82, 2.24) is 9.88 Å². The third-order valence-corrected chi connectivity index (χ3v) is 9.17. The van der Waals surface area contributed by atoms with Crippen LogP contribution in [0.3, 0.4) is 0 Å². The van der Waals surface area contributed by atoms with Gasteiger partial charge in [-0.15, -0.1) is 0 Å². The van der Waals surface area contributed by atoms with Crippen LogP contribution in [0.15, 0.2) is 83.3 Å². The van der Waals surface area contributed by atoms with E-state index >= 15 is 0 Å². The van der Waals surface area contributed by atoms with Gasteiger partial charge in [0.15, 0.2) is 0 Å². The molecular weight excluding hydrogens is 593 g/mol. The summed E-state index contributed by atoms with van der Waals surface area (Å²) in [7, 11) is 0. The number of carboxylic acid groups (broad SMARTS) is 1. The number of fused-ring (bicyclic) bond motifs is 2. The van der Waals surface area contributed by atoms with E-state index in [9.17, 15) is 27.9 Å². The van der Waals surface area contributed by atoms with Crippen LogP contribution in [0.25, 0.3) is 16.5 Å². The summed E-state index contributed by atoms with van der Waals surface area (Å²) in [4.78, 5) is 32.7. The zero-order valence-electron chi connectivity index (χ0n) is 25.7. The number of aliphatic carboxylic acids is 1. The standard InChI is InChI=1S/C37H35F3N2O4/c1-36(2,35(44)45)26-9-7-8-25(20-26)24-16-14-23(15-17-24)21-42(22-27-18-19-32(46-27)37(38,39)40)34(43)33-28-10-3-5-12-30(28)41-31-13-6-4-11-29(31)33/h3,5,7-8,10,12,14-20,26H,4,6,9,11,13,21-22H2,1-2H3,(H,44,45). The highest BCUT2D eigenvalue weighted by atomic mass is 19.4. The second kappa shape index (κ2) is 12.3. The van der Waals surface area contributed by atoms with E-state index in [2.05, 4.69) is 0 Å². The lowest BCUT2D eigenvalue weighted by Gasteiger charge is -2.29. The Morgan fingerprint density at radius 2 is 1.72 bits per heavy atom. The molecule has 2 aromatic heterocycles. The summed E-state index contributed by atoms with van der Waals surface area (Å²) in [6.45, 7) is 3.43. The fraction of sp³-hybridized carbons (Fsp3) is 0.324. The molecule has 0 bridgehead atoms. The van der Waals surface area contributed by atoms with Crippen LogP contribution in [0.4, 0.5) is 13.2 Å². The number of halogens is 3. The lowest BCUT2D eigenvalue weighted by molar-refractivity contribution is -0.153. The van der Waals surface area contributed by atoms with E-state index in [0.717, 1.165) is 58.7 Å². The number of benzene rings is 2. The number of para-hydroxylation sites is 1. The molecule has 0 saturated carbocycles. The minimum Gasteiger partial charge on any atom is -0.481 e. The lowest BCUT2D eigenvalue weighted by atomic mass is 9.74. The molecule has 1 atom stereocenters. The first-order valence-electron chi connectivity index (χ1n) is 15.5. The van der Waals surface area contributed by atoms with Crippen molar-refractivity contribution in [3.05, 3.63) is 118 Å². The maximum absolute atomic E-state index is 14.5. The third kappa shape index (κ3) is 6.23. The highest BCUT2D eigenvalue weighted by Crippen LogP contribution is 2.37. The zero-order chi connectivity index (χ0) is 32.6. The van der Waals surface area contributed by atoms with Crippen molar-refractivity contribution < 1.29 is 32.3 Å². The second-order valence-corrected chi connectivity index (χ2v) is 12.7. The molecule has 2 aliphatic carbocycles. The summed E-state index contributed by atoms with van der Waals surface area (Å²) < 4.78 is 45.3. The largest absolute Gasteiger partial charge is 0.481 e. The molecular formula is C37H35F3N2O4. The fourth-order valence-corrected chi connectivity index (χ4v) is 6.34. The molecule has 1 amide bonds. The van der Waals surface area contributed by atoms with Gasteiger partial charge in [-0.1, -0.05) is 60.7 Å². The minimum absolute atomic E-state index is 0.0362. The first-order valence-corrected chi connectivity index (χ1v) is 15.5. The lowest BCUT2D eigenvalue weighted by Crippen LogP contribution is -2.32. The van der Waals surface area contributed by atoms with Crippen molar-refractivity contribution in [2.24, 2.45) is 11.3 Å². The molecule has 9 heteroatoms. The molecule has 1 N–H and O–H groups in total. The number of rotatable bonds is 8. The number of aromatic nitrogens is 1. The van der Waals surface area contributed by atoms with Crippen LogP contribution in [0, 0.1) is 11.3 Å². The number of amides is 1. The number of aryl methyl sites for hydroxylation is 1. The van der Waals surface area contributed by atoms with Crippen LogP contribution in [0.1, 0.15) is 77.4 Å². The highest BCUT2D eigenvalue weighted by Gasteiger charge is 2.37. The fourth-order valence-electron chi connectivity index (χ4n) is 6.34. The maximum atomic E-state index is 14.5. The number of hydrogen-bond acceptors (Lipinski definition) is 4. The van der Waals surface area contributed by atoms with Gasteiger partial charge in [-0.2, -0.15) is 13.2 Å². The van der Waals surface area contributed by atoms with Gasteiger partial charge in [0.2, 0.25) is 5.76 Å². The Bertz CT molecular complexity index is 1850. The van der Waals surface area contributed by atoms with Gasteiger partial charge in [0, 0.05) is 17.6 Å². The molecule has 0 fully saturated rings. The molecule has 2 aliphatic rings. The number of carbonyl (C=O) groups is 2. The van der Waals surface area contributed by atoms with Gasteiger partial charge in [-0.05, 0) is 92.3 Å². The summed E-state index contributed by atoms with van der Waals surface area (Å²) in [5.74, 6) is -2.39. The van der Waals surface area contributed by atoms with E-state index in [1.165, 1.54) is 11.0 Å². The van der Waals surface area contributed by atoms with Gasteiger partial charge in [-0.3, -0.25) is 14.6 Å². The summed E-state index contributed by atoms with van der Waals surface area (Å²) >= 11 is 0. The van der Waals surface area contributed by atoms with E-state index in [-0.39, 0.29) is 30.7 Å². The molecule has 0 radical (unpaired) electrons. The molecule has 6 nitrogen and oxygen atoms in total. The van der Waals surface area contributed by atoms with Crippen molar-refractivity contribution in [3.8, 4) is 0 Å². The van der Waals surface area contributed by atoms with Gasteiger partial charge in [-0.25, -0.2) is 0 Å². The summed E-state index contributed by atoms with van der Waals surface area (Å²) in [5, 5.41) is 10.4. The van der Waals surface area contributed by atoms with Gasteiger partial charge in [0.05, 0.1) is 23.0 Å². The van der Waals surface area contributed by atoms with Crippen molar-refractivity contribution in [2.45, 2.75) is 65.2 Å². The first-order chi connectivity index (χ1) is 21.9. The average molecular weight is 629 g/mol. The maximum Gasteiger partial charge on any atom is 0.449 e. The smallest absolute Gasteiger partial charge is 0.449 e. The molecule has 2 heterocycles. The quantitative estimate of drug-likeness (QED) is 0.211. The molecule has 2 aromatic carbocycles. The normalized spacial score (nSPS) is 16.6. The number of carboxylic acids is 1. The Balaban J connectivity index is 1.34. The van der Waals surface area contributed by atoms with E-state index < -0.39 is 23.3 Å². The zero-order valence-corrected chi connectivity index (χ0v) is 25.7. The van der Waals surface area contributed by atoms with E-state index in [1.807, 2.05) is 66.8 Å². The number of alkyl halides is 3. The number of pyridine rings is 1. The SMILES string of the molecule is CC(C)(C(=O)O)C1C=C(c2ccc(CN(Cc3ccc(C(F)(F)F)o3)C(=O)c3c4c(nc5ccccc35)CCCC4)cc2)C=CC1. The molecule has 0 aliphatic heterocycles. The summed E-state index contributed by atoms with van der Waals surface area (Å²) in [6, 6.07) is 17.3. The van der Waals surface area contributed by atoms with Gasteiger partial charge in [0.1, 0.15) is 5.76 Å². The van der Waals surface area contributed by atoms with E-state index in [4.69, 9.17) is 9.40 Å². The number of furan rings is 1. The number of allylic oxidation sites excluding steroid dienone is 4. The molecule has 0 spiro atoms. The average Bonchev–Trinajstić information content (AvgIpc) is 3.53. The minimum atomic E-state index is -4.63. The molecule has 4 aromatic rings. The van der Waals surface area contributed by atoms with Crippen LogP contribution in [-0.2, 0) is 36.9 Å². The van der Waals surface area contributed by atoms with E-state index in [0.29, 0.717) is 23.9 Å². The van der Waals surface area contributed by atoms with Crippen LogP contribution in [-0.4, -0.2) is 26.9 Å². The van der Waals surface area contributed by atoms with Gasteiger partial charge in [0.25, 0.3) is 5.91 Å². The Labute approximate surface area is 265 Å². The van der Waals surface area contributed by atoms with Crippen molar-refractivity contribution in [2.75, 3.05) is 0 Å². The van der Waals surface area contributed by atoms with Crippen LogP contribution < -0.4 is 0 Å². The Morgan fingerprint density at radius 3 is 2.43 bits per heavy atom. The van der Waals surface area contributed by atoms with Crippen molar-refractivity contribution in [3.63, 3.8) is 0 Å². The molecule has 238 valence electrons. The Morgan fingerprint density at radius 1 is 0.978 bits per heavy atom. The predicted octanol–water partition coefficient (Wildman–Crippen LogP) is 8.64. The first kappa shape index (κ1) is 31.3. The van der Waals surface area contributed by atoms with Gasteiger partial charge >= 0.3 is 12.1 Å². The molecule has 0 saturated heterocycles. The summed E-state index contributed by atoms with van der Waals surface area (Å²) in [5.41, 5.74) is 4.73. The van der Waals surface area contributed by atoms with Crippen molar-refractivity contribution in [1.29, 1.82) is 0 Å². The second-order valence-electron chi connectivity index (χ2n) is 12.7. The molecule has 46 heavy (non-hydrogen) atoms. The predicted molar refractivity (Wildman–Crippen MR) is 169 cm³/mol. The van der Waals surface area contributed by atoms with Crippen LogP contribution >= 0.6 is 0 Å².